The number of amides is 1. The van der Waals surface area contributed by atoms with Crippen LogP contribution in [0.15, 0.2) is 54.6 Å². The van der Waals surface area contributed by atoms with Crippen LogP contribution in [-0.2, 0) is 36.8 Å². The van der Waals surface area contributed by atoms with E-state index in [9.17, 15) is 14.4 Å². The molecular weight excluding hydrogens is 450 g/mol. The summed E-state index contributed by atoms with van der Waals surface area (Å²) >= 11 is 0. The van der Waals surface area contributed by atoms with Crippen LogP contribution in [0.2, 0.25) is 0 Å². The molecule has 8 nitrogen and oxygen atoms in total. The lowest BCUT2D eigenvalue weighted by Crippen LogP contribution is -2.44. The average molecular weight is 486 g/mol. The van der Waals surface area contributed by atoms with Crippen molar-refractivity contribution in [3.8, 4) is 5.75 Å². The van der Waals surface area contributed by atoms with Crippen molar-refractivity contribution in [1.82, 2.24) is 5.32 Å². The molecule has 0 aliphatic carbocycles. The van der Waals surface area contributed by atoms with Gasteiger partial charge in [-0.15, -0.1) is 0 Å². The van der Waals surface area contributed by atoms with Crippen LogP contribution in [0.1, 0.15) is 51.2 Å². The molecule has 8 heteroatoms. The van der Waals surface area contributed by atoms with Gasteiger partial charge in [0.25, 0.3) is 0 Å². The maximum Gasteiger partial charge on any atom is 0.408 e. The Morgan fingerprint density at radius 1 is 0.971 bits per heavy atom. The number of alkyl carbamates (subject to hydrolysis) is 1. The van der Waals surface area contributed by atoms with Crippen molar-refractivity contribution in [2.45, 2.75) is 64.7 Å². The highest BCUT2D eigenvalue weighted by Crippen LogP contribution is 2.16. The Bertz CT molecular complexity index is 954. The molecule has 0 radical (unpaired) electrons. The molecule has 1 N–H and O–H groups in total. The minimum Gasteiger partial charge on any atom is -0.494 e. The fourth-order valence-corrected chi connectivity index (χ4v) is 3.15. The lowest BCUT2D eigenvalue weighted by atomic mass is 10.1. The fraction of sp³-hybridized carbons (Fsp3) is 0.444. The molecule has 2 aromatic rings. The number of nitrogens with one attached hydrogen (secondary N) is 1. The normalized spacial score (nSPS) is 11.8. The Morgan fingerprint density at radius 2 is 1.69 bits per heavy atom. The predicted octanol–water partition coefficient (Wildman–Crippen LogP) is 4.59. The SMILES string of the molecule is COC(=O)CCc1cccc(OCCCC(NC(=O)OCc2ccccc2)C(=O)OC(C)(C)C)c1. The van der Waals surface area contributed by atoms with E-state index >= 15 is 0 Å². The van der Waals surface area contributed by atoms with Crippen molar-refractivity contribution in [2.24, 2.45) is 0 Å². The Balaban J connectivity index is 1.87. The zero-order valence-corrected chi connectivity index (χ0v) is 20.9. The quantitative estimate of drug-likeness (QED) is 0.267. The monoisotopic (exact) mass is 485 g/mol. The lowest BCUT2D eigenvalue weighted by molar-refractivity contribution is -0.157. The van der Waals surface area contributed by atoms with Crippen molar-refractivity contribution in [1.29, 1.82) is 0 Å². The Labute approximate surface area is 206 Å². The molecule has 1 unspecified atom stereocenters. The first kappa shape index (κ1) is 27.7. The number of hydrogen-bond donors (Lipinski definition) is 1. The molecule has 0 aromatic heterocycles. The minimum atomic E-state index is -0.868. The number of carbonyl (C=O) groups excluding carboxylic acids is 3. The highest BCUT2D eigenvalue weighted by Gasteiger charge is 2.27. The molecule has 2 rings (SSSR count). The molecule has 0 heterocycles. The number of esters is 2. The molecule has 190 valence electrons. The van der Waals surface area contributed by atoms with E-state index < -0.39 is 23.7 Å². The first-order valence-corrected chi connectivity index (χ1v) is 11.6. The number of hydrogen-bond acceptors (Lipinski definition) is 7. The zero-order chi connectivity index (χ0) is 25.7. The summed E-state index contributed by atoms with van der Waals surface area (Å²) in [6.45, 7) is 5.74. The number of methoxy groups -OCH3 is 1. The summed E-state index contributed by atoms with van der Waals surface area (Å²) in [5, 5.41) is 2.62. The molecule has 2 aromatic carbocycles. The van der Waals surface area contributed by atoms with E-state index in [-0.39, 0.29) is 12.6 Å². The summed E-state index contributed by atoms with van der Waals surface area (Å²) in [4.78, 5) is 36.3. The second-order valence-electron chi connectivity index (χ2n) is 9.01. The van der Waals surface area contributed by atoms with Crippen molar-refractivity contribution in [3.05, 3.63) is 65.7 Å². The van der Waals surface area contributed by atoms with Gasteiger partial charge in [0.15, 0.2) is 0 Å². The Kier molecular flexibility index (Phi) is 11.1. The molecule has 0 spiro atoms. The molecule has 0 saturated carbocycles. The molecule has 1 amide bonds. The minimum absolute atomic E-state index is 0.100. The summed E-state index contributed by atoms with van der Waals surface area (Å²) in [6, 6.07) is 15.9. The molecule has 0 saturated heterocycles. The standard InChI is InChI=1S/C27H35NO7/c1-27(2,3)35-25(30)23(28-26(31)34-19-21-10-6-5-7-11-21)14-9-17-33-22-13-8-12-20(18-22)15-16-24(29)32-4/h5-8,10-13,18,23H,9,14-17,19H2,1-4H3,(H,28,31). The van der Waals surface area contributed by atoms with Crippen molar-refractivity contribution in [2.75, 3.05) is 13.7 Å². The smallest absolute Gasteiger partial charge is 0.408 e. The highest BCUT2D eigenvalue weighted by atomic mass is 16.6. The van der Waals surface area contributed by atoms with Gasteiger partial charge in [-0.1, -0.05) is 42.5 Å². The number of rotatable bonds is 12. The molecule has 0 aliphatic heterocycles. The van der Waals surface area contributed by atoms with Gasteiger partial charge in [-0.3, -0.25) is 4.79 Å². The van der Waals surface area contributed by atoms with E-state index in [0.29, 0.717) is 38.0 Å². The number of ether oxygens (including phenoxy) is 4. The maximum atomic E-state index is 12.7. The van der Waals surface area contributed by atoms with Crippen LogP contribution in [0.4, 0.5) is 4.79 Å². The van der Waals surface area contributed by atoms with Gasteiger partial charge in [0.1, 0.15) is 24.0 Å². The van der Waals surface area contributed by atoms with Gasteiger partial charge in [0.05, 0.1) is 13.7 Å². The molecule has 0 aliphatic rings. The van der Waals surface area contributed by atoms with Crippen LogP contribution >= 0.6 is 0 Å². The molecule has 35 heavy (non-hydrogen) atoms. The number of benzene rings is 2. The van der Waals surface area contributed by atoms with Gasteiger partial charge in [-0.05, 0) is 63.3 Å². The zero-order valence-electron chi connectivity index (χ0n) is 20.9. The maximum absolute atomic E-state index is 12.7. The number of aryl methyl sites for hydroxylation is 1. The van der Waals surface area contributed by atoms with Crippen LogP contribution in [0.25, 0.3) is 0 Å². The van der Waals surface area contributed by atoms with Crippen molar-refractivity contribution >= 4 is 18.0 Å². The molecular formula is C27H35NO7. The van der Waals surface area contributed by atoms with Crippen molar-refractivity contribution in [3.63, 3.8) is 0 Å². The lowest BCUT2D eigenvalue weighted by Gasteiger charge is -2.24. The van der Waals surface area contributed by atoms with E-state index in [1.165, 1.54) is 7.11 Å². The summed E-state index contributed by atoms with van der Waals surface area (Å²) in [7, 11) is 1.37. The average Bonchev–Trinajstić information content (AvgIpc) is 2.83. The van der Waals surface area contributed by atoms with Crippen LogP contribution in [0.3, 0.4) is 0 Å². The van der Waals surface area contributed by atoms with Gasteiger partial charge in [-0.25, -0.2) is 9.59 Å². The first-order valence-electron chi connectivity index (χ1n) is 11.6. The van der Waals surface area contributed by atoms with E-state index in [1.54, 1.807) is 20.8 Å². The van der Waals surface area contributed by atoms with Crippen LogP contribution in [0.5, 0.6) is 5.75 Å². The first-order chi connectivity index (χ1) is 16.7. The van der Waals surface area contributed by atoms with Gasteiger partial charge in [-0.2, -0.15) is 0 Å². The Morgan fingerprint density at radius 3 is 2.37 bits per heavy atom. The van der Waals surface area contributed by atoms with Crippen LogP contribution in [0, 0.1) is 0 Å². The van der Waals surface area contributed by atoms with Gasteiger partial charge in [0.2, 0.25) is 0 Å². The molecule has 0 bridgehead atoms. The highest BCUT2D eigenvalue weighted by molar-refractivity contribution is 5.81. The third-order valence-electron chi connectivity index (χ3n) is 4.85. The van der Waals surface area contributed by atoms with E-state index in [4.69, 9.17) is 14.2 Å². The topological polar surface area (TPSA) is 100 Å². The number of carbonyl (C=O) groups is 3. The van der Waals surface area contributed by atoms with Gasteiger partial charge >= 0.3 is 18.0 Å². The Hall–Kier alpha value is -3.55. The second kappa shape index (κ2) is 14.0. The fourth-order valence-electron chi connectivity index (χ4n) is 3.15. The largest absolute Gasteiger partial charge is 0.494 e. The van der Waals surface area contributed by atoms with Gasteiger partial charge < -0.3 is 24.3 Å². The molecule has 0 fully saturated rings. The third kappa shape index (κ3) is 11.4. The van der Waals surface area contributed by atoms with E-state index in [2.05, 4.69) is 10.1 Å². The summed E-state index contributed by atoms with van der Waals surface area (Å²) < 4.78 is 21.2. The van der Waals surface area contributed by atoms with Crippen molar-refractivity contribution < 1.29 is 33.3 Å². The summed E-state index contributed by atoms with van der Waals surface area (Å²) in [5.41, 5.74) is 1.12. The third-order valence-corrected chi connectivity index (χ3v) is 4.85. The predicted molar refractivity (Wildman–Crippen MR) is 131 cm³/mol. The summed E-state index contributed by atoms with van der Waals surface area (Å²) in [5.74, 6) is -0.130. The second-order valence-corrected chi connectivity index (χ2v) is 9.01. The van der Waals surface area contributed by atoms with Crippen LogP contribution < -0.4 is 10.1 Å². The molecule has 1 atom stereocenters. The van der Waals surface area contributed by atoms with E-state index in [1.807, 2.05) is 54.6 Å². The van der Waals surface area contributed by atoms with E-state index in [0.717, 1.165) is 11.1 Å². The van der Waals surface area contributed by atoms with Crippen LogP contribution in [-0.4, -0.2) is 43.4 Å². The van der Waals surface area contributed by atoms with Gasteiger partial charge in [0, 0.05) is 6.42 Å². The summed E-state index contributed by atoms with van der Waals surface area (Å²) in [6.07, 6.45) is 0.972.